The zero-order chi connectivity index (χ0) is 20.3. The molecule has 6 nitrogen and oxygen atoms in total. The summed E-state index contributed by atoms with van der Waals surface area (Å²) in [6.07, 6.45) is 5.74. The molecule has 4 rings (SSSR count). The Labute approximate surface area is 174 Å². The van der Waals surface area contributed by atoms with Crippen LogP contribution in [0, 0.1) is 0 Å². The van der Waals surface area contributed by atoms with Crippen LogP contribution in [0.25, 0.3) is 0 Å². The smallest absolute Gasteiger partial charge is 0.235 e. The first-order valence-electron chi connectivity index (χ1n) is 9.58. The number of nitrogens with one attached hydrogen (secondary N) is 1. The van der Waals surface area contributed by atoms with Gasteiger partial charge in [0.05, 0.1) is 23.9 Å². The van der Waals surface area contributed by atoms with E-state index in [-0.39, 0.29) is 24.1 Å². The molecule has 0 bridgehead atoms. The minimum Gasteiger partial charge on any atom is -0.346 e. The highest BCUT2D eigenvalue weighted by Gasteiger charge is 2.26. The summed E-state index contributed by atoms with van der Waals surface area (Å²) in [5.41, 5.74) is 2.29. The Morgan fingerprint density at radius 3 is 2.69 bits per heavy atom. The van der Waals surface area contributed by atoms with Gasteiger partial charge in [0.15, 0.2) is 0 Å². The van der Waals surface area contributed by atoms with Gasteiger partial charge in [-0.1, -0.05) is 6.07 Å². The number of nitrogens with zero attached hydrogens (tertiary/aromatic N) is 2. The van der Waals surface area contributed by atoms with Crippen LogP contribution in [0.3, 0.4) is 0 Å². The Morgan fingerprint density at radius 1 is 1.14 bits per heavy atom. The molecule has 0 radical (unpaired) electrons. The fraction of sp³-hybridized carbons (Fsp3) is 0.286. The molecule has 152 valence electrons. The highest BCUT2D eigenvalue weighted by molar-refractivity contribution is 7.92. The molecule has 0 spiro atoms. The van der Waals surface area contributed by atoms with Crippen molar-refractivity contribution in [3.63, 3.8) is 0 Å². The van der Waals surface area contributed by atoms with E-state index >= 15 is 0 Å². The Morgan fingerprint density at radius 2 is 1.97 bits per heavy atom. The predicted octanol–water partition coefficient (Wildman–Crippen LogP) is 4.10. The molecule has 3 heterocycles. The maximum atomic E-state index is 12.8. The molecule has 8 heteroatoms. The first-order valence-corrected chi connectivity index (χ1v) is 12.1. The second-order valence-electron chi connectivity index (χ2n) is 7.10. The molecule has 1 aromatic carbocycles. The lowest BCUT2D eigenvalue weighted by Crippen LogP contribution is -2.37. The zero-order valence-electron chi connectivity index (χ0n) is 15.9. The van der Waals surface area contributed by atoms with Crippen molar-refractivity contribution in [2.24, 2.45) is 0 Å². The molecule has 3 aromatic rings. The minimum absolute atomic E-state index is 0.0816. The summed E-state index contributed by atoms with van der Waals surface area (Å²) in [7, 11) is -3.28. The molecule has 1 aliphatic heterocycles. The molecule has 1 saturated heterocycles. The topological polar surface area (TPSA) is 71.4 Å². The number of anilines is 2. The van der Waals surface area contributed by atoms with E-state index in [9.17, 15) is 13.2 Å². The fourth-order valence-corrected chi connectivity index (χ4v) is 5.96. The summed E-state index contributed by atoms with van der Waals surface area (Å²) in [6, 6.07) is 12.9. The van der Waals surface area contributed by atoms with Crippen molar-refractivity contribution in [3.8, 4) is 0 Å². The number of hydrogen-bond acceptors (Lipinski definition) is 4. The van der Waals surface area contributed by atoms with Crippen molar-refractivity contribution in [1.29, 1.82) is 0 Å². The normalized spacial score (nSPS) is 17.0. The lowest BCUT2D eigenvalue weighted by atomic mass is 10.1. The van der Waals surface area contributed by atoms with Gasteiger partial charge in [-0.25, -0.2) is 8.42 Å². The van der Waals surface area contributed by atoms with E-state index in [0.29, 0.717) is 24.3 Å². The number of amides is 1. The lowest BCUT2D eigenvalue weighted by molar-refractivity contribution is -0.116. The van der Waals surface area contributed by atoms with Crippen molar-refractivity contribution in [1.82, 2.24) is 4.57 Å². The van der Waals surface area contributed by atoms with Crippen LogP contribution in [-0.4, -0.2) is 31.2 Å². The number of aromatic nitrogens is 1. The van der Waals surface area contributed by atoms with Crippen molar-refractivity contribution in [2.45, 2.75) is 25.3 Å². The molecule has 1 N–H and O–H groups in total. The maximum Gasteiger partial charge on any atom is 0.235 e. The Bertz CT molecular complexity index is 1030. The second-order valence-corrected chi connectivity index (χ2v) is 9.89. The van der Waals surface area contributed by atoms with Crippen LogP contribution in [0.1, 0.15) is 30.9 Å². The van der Waals surface area contributed by atoms with Crippen LogP contribution < -0.4 is 9.62 Å². The Kier molecular flexibility index (Phi) is 5.73. The summed E-state index contributed by atoms with van der Waals surface area (Å²) in [5.74, 6) is 0.0523. The molecular formula is C21H23N3O3S2. The van der Waals surface area contributed by atoms with Gasteiger partial charge in [0.1, 0.15) is 0 Å². The number of hydrogen-bond donors (Lipinski definition) is 1. The van der Waals surface area contributed by atoms with Crippen molar-refractivity contribution in [3.05, 3.63) is 71.2 Å². The van der Waals surface area contributed by atoms with Gasteiger partial charge in [-0.05, 0) is 65.6 Å². The molecule has 1 aliphatic rings. The van der Waals surface area contributed by atoms with Crippen LogP contribution >= 0.6 is 11.3 Å². The summed E-state index contributed by atoms with van der Waals surface area (Å²) >= 11 is 1.61. The zero-order valence-corrected chi connectivity index (χ0v) is 17.5. The molecule has 1 fully saturated rings. The van der Waals surface area contributed by atoms with Gasteiger partial charge < -0.3 is 9.88 Å². The van der Waals surface area contributed by atoms with Crippen molar-refractivity contribution >= 4 is 38.6 Å². The molecular weight excluding hydrogens is 406 g/mol. The molecule has 1 amide bonds. The highest BCUT2D eigenvalue weighted by Crippen LogP contribution is 2.28. The van der Waals surface area contributed by atoms with E-state index in [1.165, 1.54) is 4.31 Å². The molecule has 0 saturated carbocycles. The van der Waals surface area contributed by atoms with E-state index in [0.717, 1.165) is 12.0 Å². The third kappa shape index (κ3) is 4.54. The molecule has 1 atom stereocenters. The average Bonchev–Trinajstić information content (AvgIpc) is 3.40. The quantitative estimate of drug-likeness (QED) is 0.641. The van der Waals surface area contributed by atoms with Gasteiger partial charge in [0.25, 0.3) is 0 Å². The van der Waals surface area contributed by atoms with E-state index in [4.69, 9.17) is 0 Å². The van der Waals surface area contributed by atoms with E-state index < -0.39 is 10.0 Å². The molecule has 0 unspecified atom stereocenters. The molecule has 2 aromatic heterocycles. The SMILES string of the molecule is O=C(C[C@H](c1ccsc1)n1cccc1)Nc1cccc(N2CCCCS2(=O)=O)c1. The van der Waals surface area contributed by atoms with Crippen molar-refractivity contribution in [2.75, 3.05) is 21.9 Å². The van der Waals surface area contributed by atoms with Crippen LogP contribution in [0.4, 0.5) is 11.4 Å². The standard InChI is InChI=1S/C21H23N3O3S2/c25-21(15-20(17-8-12-28-16-17)23-9-1-2-10-23)22-18-6-5-7-19(14-18)24-11-3-4-13-29(24,26)27/h1-2,5-10,12,14,16,20H,3-4,11,13,15H2,(H,22,25)/t20-/m1/s1. The predicted molar refractivity (Wildman–Crippen MR) is 117 cm³/mol. The third-order valence-electron chi connectivity index (χ3n) is 5.06. The number of sulfonamides is 1. The summed E-state index contributed by atoms with van der Waals surface area (Å²) < 4.78 is 28.2. The average molecular weight is 430 g/mol. The lowest BCUT2D eigenvalue weighted by Gasteiger charge is -2.28. The first kappa shape index (κ1) is 19.7. The van der Waals surface area contributed by atoms with Crippen LogP contribution in [0.2, 0.25) is 0 Å². The van der Waals surface area contributed by atoms with E-state index in [2.05, 4.69) is 10.7 Å². The summed E-state index contributed by atoms with van der Waals surface area (Å²) in [6.45, 7) is 0.480. The highest BCUT2D eigenvalue weighted by atomic mass is 32.2. The number of carbonyl (C=O) groups is 1. The van der Waals surface area contributed by atoms with Gasteiger partial charge in [0, 0.05) is 24.6 Å². The summed E-state index contributed by atoms with van der Waals surface area (Å²) in [4.78, 5) is 12.8. The van der Waals surface area contributed by atoms with Crippen molar-refractivity contribution < 1.29 is 13.2 Å². The Balaban J connectivity index is 1.50. The Hall–Kier alpha value is -2.58. The monoisotopic (exact) mass is 429 g/mol. The van der Waals surface area contributed by atoms with Gasteiger partial charge >= 0.3 is 0 Å². The number of benzene rings is 1. The number of rotatable bonds is 6. The van der Waals surface area contributed by atoms with Gasteiger partial charge in [0.2, 0.25) is 15.9 Å². The largest absolute Gasteiger partial charge is 0.346 e. The number of thiophene rings is 1. The van der Waals surface area contributed by atoms with Crippen LogP contribution in [0.15, 0.2) is 65.6 Å². The summed E-state index contributed by atoms with van der Waals surface area (Å²) in [5, 5.41) is 6.99. The van der Waals surface area contributed by atoms with Gasteiger partial charge in [-0.3, -0.25) is 9.10 Å². The third-order valence-corrected chi connectivity index (χ3v) is 7.63. The maximum absolute atomic E-state index is 12.8. The van der Waals surface area contributed by atoms with Gasteiger partial charge in [-0.2, -0.15) is 11.3 Å². The fourth-order valence-electron chi connectivity index (χ4n) is 3.62. The van der Waals surface area contributed by atoms with Crippen LogP contribution in [-0.2, 0) is 14.8 Å². The van der Waals surface area contributed by atoms with E-state index in [1.807, 2.05) is 40.5 Å². The second kappa shape index (κ2) is 8.42. The first-order chi connectivity index (χ1) is 14.0. The minimum atomic E-state index is -3.28. The van der Waals surface area contributed by atoms with Gasteiger partial charge in [-0.15, -0.1) is 0 Å². The molecule has 0 aliphatic carbocycles. The molecule has 29 heavy (non-hydrogen) atoms. The van der Waals surface area contributed by atoms with E-state index in [1.54, 1.807) is 35.6 Å². The van der Waals surface area contributed by atoms with Crippen LogP contribution in [0.5, 0.6) is 0 Å². The number of carbonyl (C=O) groups excluding carboxylic acids is 1.